The highest BCUT2D eigenvalue weighted by atomic mass is 16.5. The summed E-state index contributed by atoms with van der Waals surface area (Å²) in [6.45, 7) is 1.65. The number of carbonyl (C=O) groups is 2. The van der Waals surface area contributed by atoms with Gasteiger partial charge in [-0.3, -0.25) is 9.59 Å². The Kier molecular flexibility index (Phi) is 7.49. The van der Waals surface area contributed by atoms with Gasteiger partial charge in [0.25, 0.3) is 0 Å². The van der Waals surface area contributed by atoms with Crippen LogP contribution in [-0.4, -0.2) is 48.9 Å². The van der Waals surface area contributed by atoms with E-state index in [-0.39, 0.29) is 35.7 Å². The molecule has 0 spiro atoms. The smallest absolute Gasteiger partial charge is 0.226 e. The normalized spacial score (nSPS) is 26.2. The molecule has 2 saturated heterocycles. The second-order valence-electron chi connectivity index (χ2n) is 10.5. The van der Waals surface area contributed by atoms with Crippen LogP contribution in [0, 0.1) is 11.8 Å². The van der Waals surface area contributed by atoms with E-state index in [1.165, 1.54) is 11.1 Å². The number of likely N-dealkylation sites (tertiary alicyclic amines) is 2. The Morgan fingerprint density at radius 2 is 0.972 bits per heavy atom. The van der Waals surface area contributed by atoms with Crippen LogP contribution in [0.25, 0.3) is 0 Å². The van der Waals surface area contributed by atoms with Crippen molar-refractivity contribution >= 4 is 11.8 Å². The molecule has 2 atom stereocenters. The molecule has 36 heavy (non-hydrogen) atoms. The monoisotopic (exact) mass is 490 g/mol. The molecule has 0 N–H and O–H groups in total. The van der Waals surface area contributed by atoms with Gasteiger partial charge in [-0.25, -0.2) is 0 Å². The van der Waals surface area contributed by atoms with Crippen LogP contribution >= 0.6 is 0 Å². The highest BCUT2D eigenvalue weighted by molar-refractivity contribution is 5.82. The van der Waals surface area contributed by atoms with Crippen LogP contribution in [0.4, 0.5) is 0 Å². The van der Waals surface area contributed by atoms with Crippen LogP contribution in [-0.2, 0) is 9.59 Å². The molecule has 1 aliphatic carbocycles. The predicted molar refractivity (Wildman–Crippen MR) is 139 cm³/mol. The summed E-state index contributed by atoms with van der Waals surface area (Å²) in [5.41, 5.74) is 2.37. The summed E-state index contributed by atoms with van der Waals surface area (Å²) >= 11 is 0. The first-order chi connectivity index (χ1) is 17.6. The highest BCUT2D eigenvalue weighted by Gasteiger charge is 2.39. The molecule has 2 aromatic carbocycles. The van der Waals surface area contributed by atoms with Gasteiger partial charge in [0, 0.05) is 24.9 Å². The number of ether oxygens (including phenoxy) is 2. The fraction of sp³-hybridized carbons (Fsp3) is 0.533. The molecule has 192 valence electrons. The van der Waals surface area contributed by atoms with E-state index in [9.17, 15) is 9.59 Å². The van der Waals surface area contributed by atoms with Crippen molar-refractivity contribution in [3.05, 3.63) is 59.7 Å². The molecule has 2 aromatic rings. The van der Waals surface area contributed by atoms with E-state index < -0.39 is 0 Å². The van der Waals surface area contributed by atoms with E-state index in [0.29, 0.717) is 0 Å². The molecule has 6 heteroatoms. The Morgan fingerprint density at radius 1 is 0.611 bits per heavy atom. The first-order valence-electron chi connectivity index (χ1n) is 13.5. The van der Waals surface area contributed by atoms with Crippen molar-refractivity contribution in [3.63, 3.8) is 0 Å². The second-order valence-corrected chi connectivity index (χ2v) is 10.5. The first-order valence-corrected chi connectivity index (χ1v) is 13.5. The molecule has 2 heterocycles. The quantitative estimate of drug-likeness (QED) is 0.534. The van der Waals surface area contributed by atoms with Crippen molar-refractivity contribution in [1.29, 1.82) is 0 Å². The van der Waals surface area contributed by atoms with Crippen LogP contribution in [0.1, 0.15) is 74.6 Å². The molecule has 1 saturated carbocycles. The summed E-state index contributed by atoms with van der Waals surface area (Å²) in [6, 6.07) is 16.5. The molecule has 3 fully saturated rings. The summed E-state index contributed by atoms with van der Waals surface area (Å²) in [7, 11) is 3.34. The summed E-state index contributed by atoms with van der Waals surface area (Å²) < 4.78 is 10.6. The van der Waals surface area contributed by atoms with Crippen molar-refractivity contribution in [1.82, 2.24) is 9.80 Å². The molecule has 3 aliphatic rings. The third-order valence-electron chi connectivity index (χ3n) is 8.50. The lowest BCUT2D eigenvalue weighted by atomic mass is 9.80. The lowest BCUT2D eigenvalue weighted by molar-refractivity contribution is -0.142. The maximum atomic E-state index is 13.5. The number of benzene rings is 2. The van der Waals surface area contributed by atoms with Crippen LogP contribution in [0.5, 0.6) is 11.5 Å². The van der Waals surface area contributed by atoms with Crippen molar-refractivity contribution in [3.8, 4) is 11.5 Å². The van der Waals surface area contributed by atoms with Gasteiger partial charge >= 0.3 is 0 Å². The standard InChI is InChI=1S/C30H38N2O4/c1-35-25-15-11-21(12-16-25)27-5-3-19-31(27)29(33)23-7-9-24(10-8-23)30(34)32-20-4-6-28(32)22-13-17-26(36-2)18-14-22/h11-18,23-24,27-28H,3-10,19-20H2,1-2H3. The molecule has 2 unspecified atom stereocenters. The topological polar surface area (TPSA) is 59.1 Å². The summed E-state index contributed by atoms with van der Waals surface area (Å²) in [5, 5.41) is 0. The van der Waals surface area contributed by atoms with Gasteiger partial charge in [0.2, 0.25) is 11.8 Å². The Balaban J connectivity index is 1.18. The van der Waals surface area contributed by atoms with Gasteiger partial charge in [0.1, 0.15) is 11.5 Å². The first kappa shape index (κ1) is 24.7. The summed E-state index contributed by atoms with van der Waals surface area (Å²) in [5.74, 6) is 2.29. The van der Waals surface area contributed by atoms with Gasteiger partial charge in [0.15, 0.2) is 0 Å². The van der Waals surface area contributed by atoms with Gasteiger partial charge < -0.3 is 19.3 Å². The van der Waals surface area contributed by atoms with Gasteiger partial charge in [-0.05, 0) is 86.8 Å². The summed E-state index contributed by atoms with van der Waals surface area (Å²) in [6.07, 6.45) is 7.33. The van der Waals surface area contributed by atoms with Gasteiger partial charge in [-0.2, -0.15) is 0 Å². The maximum Gasteiger partial charge on any atom is 0.226 e. The van der Waals surface area contributed by atoms with Gasteiger partial charge in [0.05, 0.1) is 26.3 Å². The Morgan fingerprint density at radius 3 is 1.31 bits per heavy atom. The largest absolute Gasteiger partial charge is 0.497 e. The van der Waals surface area contributed by atoms with Crippen molar-refractivity contribution in [2.24, 2.45) is 11.8 Å². The molecule has 0 bridgehead atoms. The van der Waals surface area contributed by atoms with E-state index in [2.05, 4.69) is 34.1 Å². The minimum atomic E-state index is 0.0314. The van der Waals surface area contributed by atoms with Crippen LogP contribution in [0.3, 0.4) is 0 Å². The zero-order valence-electron chi connectivity index (χ0n) is 21.5. The zero-order valence-corrected chi connectivity index (χ0v) is 21.5. The van der Waals surface area contributed by atoms with E-state index in [1.54, 1.807) is 14.2 Å². The molecular weight excluding hydrogens is 452 g/mol. The average molecular weight is 491 g/mol. The third-order valence-corrected chi connectivity index (χ3v) is 8.50. The average Bonchev–Trinajstić information content (AvgIpc) is 3.63. The molecular formula is C30H38N2O4. The number of nitrogens with zero attached hydrogens (tertiary/aromatic N) is 2. The van der Waals surface area contributed by atoms with Crippen molar-refractivity contribution in [2.45, 2.75) is 63.5 Å². The van der Waals surface area contributed by atoms with Crippen LogP contribution in [0.15, 0.2) is 48.5 Å². The van der Waals surface area contributed by atoms with Gasteiger partial charge in [-0.15, -0.1) is 0 Å². The number of hydrogen-bond donors (Lipinski definition) is 0. The second kappa shape index (κ2) is 10.9. The predicted octanol–water partition coefficient (Wildman–Crippen LogP) is 5.54. The molecule has 0 aromatic heterocycles. The van der Waals surface area contributed by atoms with E-state index >= 15 is 0 Å². The minimum Gasteiger partial charge on any atom is -0.497 e. The highest BCUT2D eigenvalue weighted by Crippen LogP contribution is 2.40. The van der Waals surface area contributed by atoms with Gasteiger partial charge in [-0.1, -0.05) is 24.3 Å². The molecule has 2 amide bonds. The lowest BCUT2D eigenvalue weighted by Gasteiger charge is -2.35. The van der Waals surface area contributed by atoms with Crippen molar-refractivity contribution < 1.29 is 19.1 Å². The Labute approximate surface area is 214 Å². The Hall–Kier alpha value is -3.02. The fourth-order valence-electron chi connectivity index (χ4n) is 6.46. The van der Waals surface area contributed by atoms with Crippen LogP contribution in [0.2, 0.25) is 0 Å². The number of amides is 2. The number of rotatable bonds is 6. The Bertz CT molecular complexity index is 958. The lowest BCUT2D eigenvalue weighted by Crippen LogP contribution is -2.41. The van der Waals surface area contributed by atoms with E-state index in [1.807, 2.05) is 24.3 Å². The van der Waals surface area contributed by atoms with Crippen LogP contribution < -0.4 is 9.47 Å². The summed E-state index contributed by atoms with van der Waals surface area (Å²) in [4.78, 5) is 31.2. The molecule has 0 radical (unpaired) electrons. The minimum absolute atomic E-state index is 0.0314. The zero-order chi connectivity index (χ0) is 25.1. The maximum absolute atomic E-state index is 13.5. The van der Waals surface area contributed by atoms with Crippen molar-refractivity contribution in [2.75, 3.05) is 27.3 Å². The number of methoxy groups -OCH3 is 2. The molecule has 6 nitrogen and oxygen atoms in total. The number of hydrogen-bond acceptors (Lipinski definition) is 4. The van der Waals surface area contributed by atoms with E-state index in [0.717, 1.165) is 76.0 Å². The molecule has 5 rings (SSSR count). The number of carbonyl (C=O) groups excluding carboxylic acids is 2. The SMILES string of the molecule is COc1ccc(C2CCCN2C(=O)C2CCC(C(=O)N3CCCC3c3ccc(OC)cc3)CC2)cc1. The third kappa shape index (κ3) is 4.95. The fourth-order valence-corrected chi connectivity index (χ4v) is 6.46. The van der Waals surface area contributed by atoms with E-state index in [4.69, 9.17) is 9.47 Å². The molecule has 2 aliphatic heterocycles.